The van der Waals surface area contributed by atoms with Crippen LogP contribution in [0.1, 0.15) is 20.8 Å². The Morgan fingerprint density at radius 1 is 1.00 bits per heavy atom. The van der Waals surface area contributed by atoms with Gasteiger partial charge in [0.05, 0.1) is 0 Å². The third kappa shape index (κ3) is 3.61. The Bertz CT molecular complexity index is 829. The van der Waals surface area contributed by atoms with Crippen LogP contribution in [0, 0.1) is 5.82 Å². The quantitative estimate of drug-likeness (QED) is 0.715. The lowest BCUT2D eigenvalue weighted by atomic mass is 10.2. The lowest BCUT2D eigenvalue weighted by Crippen LogP contribution is -2.41. The maximum absolute atomic E-state index is 12.8. The Kier molecular flexibility index (Phi) is 4.45. The van der Waals surface area contributed by atoms with Gasteiger partial charge in [-0.2, -0.15) is 11.3 Å². The normalized spacial score (nSPS) is 10.3. The molecule has 0 atom stereocenters. The van der Waals surface area contributed by atoms with Crippen LogP contribution < -0.4 is 10.9 Å². The number of carbonyl (C=O) groups excluding carboxylic acids is 2. The third-order valence-electron chi connectivity index (χ3n) is 2.90. The number of hydrogen-bond acceptors (Lipinski definition) is 5. The number of benzene rings is 1. The van der Waals surface area contributed by atoms with Crippen molar-refractivity contribution in [3.63, 3.8) is 0 Å². The van der Waals surface area contributed by atoms with Gasteiger partial charge in [-0.25, -0.2) is 9.37 Å². The molecule has 0 saturated heterocycles. The summed E-state index contributed by atoms with van der Waals surface area (Å²) >= 11 is 2.90. The molecule has 0 fully saturated rings. The molecule has 8 heteroatoms. The number of thiazole rings is 1. The minimum atomic E-state index is -0.536. The van der Waals surface area contributed by atoms with Gasteiger partial charge in [-0.3, -0.25) is 20.4 Å². The average molecular weight is 347 g/mol. The van der Waals surface area contributed by atoms with Gasteiger partial charge in [0.25, 0.3) is 11.8 Å². The van der Waals surface area contributed by atoms with E-state index in [-0.39, 0.29) is 11.3 Å². The van der Waals surface area contributed by atoms with Gasteiger partial charge in [0.2, 0.25) is 0 Å². The van der Waals surface area contributed by atoms with Crippen molar-refractivity contribution in [1.82, 2.24) is 15.8 Å². The van der Waals surface area contributed by atoms with E-state index < -0.39 is 17.6 Å². The molecule has 2 aromatic heterocycles. The Morgan fingerprint density at radius 3 is 2.43 bits per heavy atom. The molecule has 3 rings (SSSR count). The maximum atomic E-state index is 12.8. The first kappa shape index (κ1) is 15.3. The molecule has 0 aliphatic heterocycles. The van der Waals surface area contributed by atoms with E-state index in [1.807, 2.05) is 16.8 Å². The second-order valence-corrected chi connectivity index (χ2v) is 6.10. The average Bonchev–Trinajstić information content (AvgIpc) is 3.23. The zero-order chi connectivity index (χ0) is 16.2. The highest BCUT2D eigenvalue weighted by Gasteiger charge is 2.13. The van der Waals surface area contributed by atoms with E-state index >= 15 is 0 Å². The molecular weight excluding hydrogens is 337 g/mol. The SMILES string of the molecule is O=C(NNC(=O)c1csc(-c2ccsc2)n1)c1ccc(F)cc1. The van der Waals surface area contributed by atoms with Gasteiger partial charge >= 0.3 is 0 Å². The molecular formula is C15H10FN3O2S2. The van der Waals surface area contributed by atoms with Crippen molar-refractivity contribution in [1.29, 1.82) is 0 Å². The van der Waals surface area contributed by atoms with Crippen LogP contribution in [-0.2, 0) is 0 Å². The maximum Gasteiger partial charge on any atom is 0.289 e. The summed E-state index contributed by atoms with van der Waals surface area (Å²) in [4.78, 5) is 28.0. The Morgan fingerprint density at radius 2 is 1.74 bits per heavy atom. The van der Waals surface area contributed by atoms with Gasteiger partial charge in [-0.15, -0.1) is 11.3 Å². The van der Waals surface area contributed by atoms with Crippen LogP contribution in [0.4, 0.5) is 4.39 Å². The molecule has 5 nitrogen and oxygen atoms in total. The fourth-order valence-electron chi connectivity index (χ4n) is 1.75. The highest BCUT2D eigenvalue weighted by atomic mass is 32.1. The number of rotatable bonds is 3. The fraction of sp³-hybridized carbons (Fsp3) is 0. The summed E-state index contributed by atoms with van der Waals surface area (Å²) < 4.78 is 12.8. The molecule has 0 radical (unpaired) electrons. The van der Waals surface area contributed by atoms with Crippen molar-refractivity contribution in [2.75, 3.05) is 0 Å². The smallest absolute Gasteiger partial charge is 0.267 e. The van der Waals surface area contributed by atoms with Crippen LogP contribution in [0.25, 0.3) is 10.6 Å². The van der Waals surface area contributed by atoms with Gasteiger partial charge in [-0.1, -0.05) is 0 Å². The zero-order valence-electron chi connectivity index (χ0n) is 11.6. The minimum absolute atomic E-state index is 0.218. The number of halogens is 1. The number of hydrazine groups is 1. The van der Waals surface area contributed by atoms with Gasteiger partial charge < -0.3 is 0 Å². The zero-order valence-corrected chi connectivity index (χ0v) is 13.2. The monoisotopic (exact) mass is 347 g/mol. The molecule has 1 aromatic carbocycles. The molecule has 2 heterocycles. The van der Waals surface area contributed by atoms with E-state index in [2.05, 4.69) is 15.8 Å². The molecule has 0 spiro atoms. The summed E-state index contributed by atoms with van der Waals surface area (Å²) in [6.07, 6.45) is 0. The van der Waals surface area contributed by atoms with Crippen LogP contribution in [0.5, 0.6) is 0 Å². The summed E-state index contributed by atoms with van der Waals surface area (Å²) in [5, 5.41) is 6.23. The van der Waals surface area contributed by atoms with Gasteiger partial charge in [0.1, 0.15) is 16.5 Å². The number of amides is 2. The van der Waals surface area contributed by atoms with Crippen molar-refractivity contribution in [3.8, 4) is 10.6 Å². The molecule has 0 bridgehead atoms. The minimum Gasteiger partial charge on any atom is -0.267 e. The number of thiophene rings is 1. The lowest BCUT2D eigenvalue weighted by molar-refractivity contribution is 0.0844. The Balaban J connectivity index is 1.61. The van der Waals surface area contributed by atoms with Crippen LogP contribution in [0.15, 0.2) is 46.5 Å². The fourth-order valence-corrected chi connectivity index (χ4v) is 3.26. The van der Waals surface area contributed by atoms with Crippen molar-refractivity contribution < 1.29 is 14.0 Å². The van der Waals surface area contributed by atoms with Gasteiger partial charge in [-0.05, 0) is 35.7 Å². The summed E-state index contributed by atoms with van der Waals surface area (Å²) in [5.41, 5.74) is 5.96. The van der Waals surface area contributed by atoms with Crippen LogP contribution in [-0.4, -0.2) is 16.8 Å². The highest BCUT2D eigenvalue weighted by Crippen LogP contribution is 2.25. The van der Waals surface area contributed by atoms with Crippen LogP contribution in [0.3, 0.4) is 0 Å². The van der Waals surface area contributed by atoms with E-state index in [9.17, 15) is 14.0 Å². The molecule has 116 valence electrons. The van der Waals surface area contributed by atoms with Crippen molar-refractivity contribution in [3.05, 3.63) is 63.5 Å². The standard InChI is InChI=1S/C15H10FN3O2S2/c16-11-3-1-9(2-4-11)13(20)18-19-14(21)12-8-23-15(17-12)10-5-6-22-7-10/h1-8H,(H,18,20)(H,19,21). The van der Waals surface area contributed by atoms with Gasteiger partial charge in [0.15, 0.2) is 0 Å². The first-order valence-electron chi connectivity index (χ1n) is 6.48. The predicted octanol–water partition coefficient (Wildman–Crippen LogP) is 3.09. The molecule has 3 aromatic rings. The van der Waals surface area contributed by atoms with Crippen LogP contribution >= 0.6 is 22.7 Å². The lowest BCUT2D eigenvalue weighted by Gasteiger charge is -2.05. The number of nitrogens with zero attached hydrogens (tertiary/aromatic N) is 1. The van der Waals surface area contributed by atoms with Gasteiger partial charge in [0, 0.05) is 21.9 Å². The molecule has 0 aliphatic carbocycles. The summed E-state index contributed by atoms with van der Waals surface area (Å²) in [6.45, 7) is 0. The van der Waals surface area contributed by atoms with E-state index in [0.29, 0.717) is 0 Å². The summed E-state index contributed by atoms with van der Waals surface area (Å²) in [7, 11) is 0. The molecule has 2 amide bonds. The van der Waals surface area contributed by atoms with E-state index in [1.165, 1.54) is 35.6 Å². The number of hydrogen-bond donors (Lipinski definition) is 2. The van der Waals surface area contributed by atoms with Crippen LogP contribution in [0.2, 0.25) is 0 Å². The number of aromatic nitrogens is 1. The van der Waals surface area contributed by atoms with Crippen molar-refractivity contribution >= 4 is 34.5 Å². The second-order valence-electron chi connectivity index (χ2n) is 4.47. The molecule has 2 N–H and O–H groups in total. The molecule has 23 heavy (non-hydrogen) atoms. The first-order valence-corrected chi connectivity index (χ1v) is 8.30. The second kappa shape index (κ2) is 6.67. The predicted molar refractivity (Wildman–Crippen MR) is 86.8 cm³/mol. The molecule has 0 saturated carbocycles. The van der Waals surface area contributed by atoms with Crippen molar-refractivity contribution in [2.45, 2.75) is 0 Å². The third-order valence-corrected chi connectivity index (χ3v) is 4.48. The highest BCUT2D eigenvalue weighted by molar-refractivity contribution is 7.14. The van der Waals surface area contributed by atoms with E-state index in [1.54, 1.807) is 16.7 Å². The number of nitrogens with one attached hydrogen (secondary N) is 2. The summed E-state index contributed by atoms with van der Waals surface area (Å²) in [5.74, 6) is -1.49. The van der Waals surface area contributed by atoms with E-state index in [4.69, 9.17) is 0 Å². The Hall–Kier alpha value is -2.58. The Labute approximate surface area is 138 Å². The van der Waals surface area contributed by atoms with Crippen molar-refractivity contribution in [2.24, 2.45) is 0 Å². The van der Waals surface area contributed by atoms with E-state index in [0.717, 1.165) is 10.6 Å². The summed E-state index contributed by atoms with van der Waals surface area (Å²) in [6, 6.07) is 6.92. The largest absolute Gasteiger partial charge is 0.289 e. The molecule has 0 unspecified atom stereocenters. The number of carbonyl (C=O) groups is 2. The first-order chi connectivity index (χ1) is 11.1. The molecule has 0 aliphatic rings. The topological polar surface area (TPSA) is 71.1 Å².